The number of nitrogens with one attached hydrogen (secondary N) is 2. The fourth-order valence-electron chi connectivity index (χ4n) is 2.19. The molecule has 0 aliphatic carbocycles. The molecular formula is C16H11N3O2. The van der Waals surface area contributed by atoms with E-state index in [4.69, 9.17) is 5.26 Å². The minimum atomic E-state index is -0.261. The van der Waals surface area contributed by atoms with Crippen molar-refractivity contribution in [2.45, 2.75) is 6.42 Å². The Balaban J connectivity index is 1.78. The Morgan fingerprint density at radius 3 is 2.67 bits per heavy atom. The number of benzene rings is 2. The summed E-state index contributed by atoms with van der Waals surface area (Å²) in [5, 5.41) is 14.2. The molecule has 0 bridgehead atoms. The van der Waals surface area contributed by atoms with Gasteiger partial charge in [-0.3, -0.25) is 9.59 Å². The van der Waals surface area contributed by atoms with Crippen molar-refractivity contribution in [2.24, 2.45) is 0 Å². The Hall–Kier alpha value is -3.13. The van der Waals surface area contributed by atoms with Crippen molar-refractivity contribution < 1.29 is 9.59 Å². The monoisotopic (exact) mass is 277 g/mol. The molecule has 0 aromatic heterocycles. The SMILES string of the molecule is N#Cc1ccc(NC(=O)c2ccc3c(c2)NC(=O)C3)cc1. The molecule has 21 heavy (non-hydrogen) atoms. The molecule has 0 saturated heterocycles. The summed E-state index contributed by atoms with van der Waals surface area (Å²) >= 11 is 0. The second-order valence-electron chi connectivity index (χ2n) is 4.74. The van der Waals surface area contributed by atoms with Crippen molar-refractivity contribution in [2.75, 3.05) is 10.6 Å². The summed E-state index contributed by atoms with van der Waals surface area (Å²) in [4.78, 5) is 23.5. The number of rotatable bonds is 2. The molecule has 1 aliphatic rings. The van der Waals surface area contributed by atoms with Gasteiger partial charge in [-0.25, -0.2) is 0 Å². The van der Waals surface area contributed by atoms with Crippen molar-refractivity contribution >= 4 is 23.2 Å². The number of carbonyl (C=O) groups excluding carboxylic acids is 2. The first-order valence-corrected chi connectivity index (χ1v) is 6.40. The highest BCUT2D eigenvalue weighted by Crippen LogP contribution is 2.24. The quantitative estimate of drug-likeness (QED) is 0.883. The number of hydrogen-bond donors (Lipinski definition) is 2. The number of carbonyl (C=O) groups is 2. The van der Waals surface area contributed by atoms with E-state index in [9.17, 15) is 9.59 Å². The lowest BCUT2D eigenvalue weighted by Gasteiger charge is -2.07. The van der Waals surface area contributed by atoms with Gasteiger partial charge in [-0.15, -0.1) is 0 Å². The molecule has 102 valence electrons. The Morgan fingerprint density at radius 1 is 1.19 bits per heavy atom. The summed E-state index contributed by atoms with van der Waals surface area (Å²) in [5.41, 5.74) is 3.21. The molecule has 0 spiro atoms. The van der Waals surface area contributed by atoms with Gasteiger partial charge in [0.1, 0.15) is 0 Å². The second kappa shape index (κ2) is 5.10. The molecule has 0 atom stereocenters. The molecule has 2 aromatic carbocycles. The molecule has 0 fully saturated rings. The van der Waals surface area contributed by atoms with Crippen LogP contribution in [-0.4, -0.2) is 11.8 Å². The molecule has 2 amide bonds. The van der Waals surface area contributed by atoms with Crippen LogP contribution in [0.1, 0.15) is 21.5 Å². The summed E-state index contributed by atoms with van der Waals surface area (Å²) in [6.07, 6.45) is 0.354. The maximum absolute atomic E-state index is 12.2. The molecule has 0 radical (unpaired) electrons. The second-order valence-corrected chi connectivity index (χ2v) is 4.74. The molecule has 5 heteroatoms. The first kappa shape index (κ1) is 12.9. The van der Waals surface area contributed by atoms with E-state index in [2.05, 4.69) is 10.6 Å². The number of hydrogen-bond acceptors (Lipinski definition) is 3. The standard InChI is InChI=1S/C16H11N3O2/c17-9-10-1-5-13(6-2-10)18-16(21)12-4-3-11-8-15(20)19-14(11)7-12/h1-7H,8H2,(H,18,21)(H,19,20). The smallest absolute Gasteiger partial charge is 0.255 e. The number of nitrogens with zero attached hydrogens (tertiary/aromatic N) is 1. The highest BCUT2D eigenvalue weighted by Gasteiger charge is 2.19. The van der Waals surface area contributed by atoms with Gasteiger partial charge in [0.2, 0.25) is 5.91 Å². The zero-order valence-corrected chi connectivity index (χ0v) is 11.0. The van der Waals surface area contributed by atoms with Crippen molar-refractivity contribution in [3.8, 4) is 6.07 Å². The van der Waals surface area contributed by atoms with Gasteiger partial charge in [0, 0.05) is 16.9 Å². The molecule has 0 unspecified atom stereocenters. The Morgan fingerprint density at radius 2 is 1.95 bits per heavy atom. The van der Waals surface area contributed by atoms with E-state index in [1.165, 1.54) is 0 Å². The maximum atomic E-state index is 12.2. The largest absolute Gasteiger partial charge is 0.326 e. The number of anilines is 2. The Bertz CT molecular complexity index is 773. The molecule has 1 aliphatic heterocycles. The highest BCUT2D eigenvalue weighted by molar-refractivity contribution is 6.07. The normalized spacial score (nSPS) is 12.2. The van der Waals surface area contributed by atoms with Crippen molar-refractivity contribution in [1.29, 1.82) is 5.26 Å². The molecule has 3 rings (SSSR count). The average molecular weight is 277 g/mol. The van der Waals surface area contributed by atoms with Crippen LogP contribution < -0.4 is 10.6 Å². The Kier molecular flexibility index (Phi) is 3.13. The topological polar surface area (TPSA) is 82.0 Å². The summed E-state index contributed by atoms with van der Waals surface area (Å²) in [7, 11) is 0. The molecule has 5 nitrogen and oxygen atoms in total. The van der Waals surface area contributed by atoms with Gasteiger partial charge in [-0.1, -0.05) is 6.07 Å². The predicted octanol–water partition coefficient (Wildman–Crippen LogP) is 2.31. The van der Waals surface area contributed by atoms with E-state index in [-0.39, 0.29) is 11.8 Å². The van der Waals surface area contributed by atoms with Crippen LogP contribution in [0.3, 0.4) is 0 Å². The van der Waals surface area contributed by atoms with Gasteiger partial charge < -0.3 is 10.6 Å². The van der Waals surface area contributed by atoms with Gasteiger partial charge in [0.15, 0.2) is 0 Å². The van der Waals surface area contributed by atoms with E-state index in [1.807, 2.05) is 6.07 Å². The lowest BCUT2D eigenvalue weighted by Crippen LogP contribution is -2.12. The summed E-state index contributed by atoms with van der Waals surface area (Å²) < 4.78 is 0. The number of nitriles is 1. The lowest BCUT2D eigenvalue weighted by atomic mass is 10.1. The van der Waals surface area contributed by atoms with E-state index in [0.717, 1.165) is 5.56 Å². The van der Waals surface area contributed by atoms with Crippen LogP contribution in [0.15, 0.2) is 42.5 Å². The third-order valence-electron chi connectivity index (χ3n) is 3.27. The van der Waals surface area contributed by atoms with Gasteiger partial charge in [-0.2, -0.15) is 5.26 Å². The molecular weight excluding hydrogens is 266 g/mol. The van der Waals surface area contributed by atoms with Gasteiger partial charge >= 0.3 is 0 Å². The molecule has 1 heterocycles. The van der Waals surface area contributed by atoms with Crippen LogP contribution in [0.2, 0.25) is 0 Å². The predicted molar refractivity (Wildman–Crippen MR) is 77.9 cm³/mol. The summed E-state index contributed by atoms with van der Waals surface area (Å²) in [5.74, 6) is -0.321. The van der Waals surface area contributed by atoms with Crippen LogP contribution in [0, 0.1) is 11.3 Å². The average Bonchev–Trinajstić information content (AvgIpc) is 2.87. The van der Waals surface area contributed by atoms with Crippen molar-refractivity contribution in [3.63, 3.8) is 0 Å². The fourth-order valence-corrected chi connectivity index (χ4v) is 2.19. The lowest BCUT2D eigenvalue weighted by molar-refractivity contribution is -0.115. The van der Waals surface area contributed by atoms with Crippen molar-refractivity contribution in [1.82, 2.24) is 0 Å². The van der Waals surface area contributed by atoms with Crippen molar-refractivity contribution in [3.05, 3.63) is 59.2 Å². The molecule has 0 saturated carbocycles. The number of fused-ring (bicyclic) bond motifs is 1. The van der Waals surface area contributed by atoms with Crippen LogP contribution in [0.5, 0.6) is 0 Å². The summed E-state index contributed by atoms with van der Waals surface area (Å²) in [6.45, 7) is 0. The minimum Gasteiger partial charge on any atom is -0.326 e. The van der Waals surface area contributed by atoms with Gasteiger partial charge in [0.05, 0.1) is 18.1 Å². The van der Waals surface area contributed by atoms with Gasteiger partial charge in [-0.05, 0) is 42.0 Å². The number of amides is 2. The zero-order valence-electron chi connectivity index (χ0n) is 11.0. The van der Waals surface area contributed by atoms with E-state index < -0.39 is 0 Å². The van der Waals surface area contributed by atoms with Crippen LogP contribution in [-0.2, 0) is 11.2 Å². The Labute approximate surface area is 121 Å². The van der Waals surface area contributed by atoms with Crippen LogP contribution in [0.4, 0.5) is 11.4 Å². The first-order chi connectivity index (χ1) is 10.2. The third-order valence-corrected chi connectivity index (χ3v) is 3.27. The highest BCUT2D eigenvalue weighted by atomic mass is 16.2. The van der Waals surface area contributed by atoms with Crippen LogP contribution >= 0.6 is 0 Å². The van der Waals surface area contributed by atoms with E-state index in [0.29, 0.717) is 28.9 Å². The molecule has 2 aromatic rings. The third kappa shape index (κ3) is 2.60. The van der Waals surface area contributed by atoms with Crippen LogP contribution in [0.25, 0.3) is 0 Å². The first-order valence-electron chi connectivity index (χ1n) is 6.40. The zero-order chi connectivity index (χ0) is 14.8. The molecule has 2 N–H and O–H groups in total. The van der Waals surface area contributed by atoms with Gasteiger partial charge in [0.25, 0.3) is 5.91 Å². The summed E-state index contributed by atoms with van der Waals surface area (Å²) in [6, 6.07) is 13.8. The maximum Gasteiger partial charge on any atom is 0.255 e. The van der Waals surface area contributed by atoms with E-state index >= 15 is 0 Å². The fraction of sp³-hybridized carbons (Fsp3) is 0.0625. The minimum absolute atomic E-state index is 0.0605. The van der Waals surface area contributed by atoms with E-state index in [1.54, 1.807) is 42.5 Å².